The minimum absolute atomic E-state index is 0.135. The van der Waals surface area contributed by atoms with E-state index in [0.29, 0.717) is 25.3 Å². The number of nitrogens with zero attached hydrogens (tertiary/aromatic N) is 4. The summed E-state index contributed by atoms with van der Waals surface area (Å²) in [6.45, 7) is 2.09. The van der Waals surface area contributed by atoms with Crippen LogP contribution in [0.5, 0.6) is 11.8 Å². The van der Waals surface area contributed by atoms with Crippen LogP contribution in [0.15, 0.2) is 30.5 Å². The van der Waals surface area contributed by atoms with Gasteiger partial charge in [-0.05, 0) is 42.0 Å². The molecule has 2 aliphatic rings. The third-order valence-corrected chi connectivity index (χ3v) is 5.52. The zero-order chi connectivity index (χ0) is 24.3. The number of likely N-dealkylation sites (tertiary alicyclic amines) is 1. The Morgan fingerprint density at radius 1 is 1.24 bits per heavy atom. The fraction of sp³-hybridized carbons (Fsp3) is 0.500. The standard InChI is InChI=1S/C20H23F3N6O5/c21-20(22,23)34-16-3-1-13(2-4-16)24-14-5-7-27(8-6-14)11-18(30)25-15-9-28-10-17(29(31)32)26-19(28)33-12-15/h1-4,10,14-15,24H,5-9,11-12H2,(H,25,30)/t15-/m0/s1. The average molecular weight is 484 g/mol. The van der Waals surface area contributed by atoms with Crippen LogP contribution in [0, 0.1) is 10.1 Å². The maximum atomic E-state index is 12.5. The number of nitro groups is 1. The number of halogens is 3. The molecule has 184 valence electrons. The number of ether oxygens (including phenoxy) is 2. The molecule has 4 rings (SSSR count). The maximum Gasteiger partial charge on any atom is 0.573 e. The molecule has 0 bridgehead atoms. The lowest BCUT2D eigenvalue weighted by atomic mass is 10.0. The lowest BCUT2D eigenvalue weighted by molar-refractivity contribution is -0.389. The fourth-order valence-corrected chi connectivity index (χ4v) is 3.97. The van der Waals surface area contributed by atoms with Gasteiger partial charge in [0.15, 0.2) is 0 Å². The van der Waals surface area contributed by atoms with Gasteiger partial charge in [-0.2, -0.15) is 0 Å². The molecule has 1 aromatic heterocycles. The smallest absolute Gasteiger partial charge is 0.444 e. The molecule has 0 unspecified atom stereocenters. The molecule has 1 saturated heterocycles. The molecule has 2 aliphatic heterocycles. The van der Waals surface area contributed by atoms with Crippen molar-refractivity contribution in [2.45, 2.75) is 37.8 Å². The first kappa shape index (κ1) is 23.6. The van der Waals surface area contributed by atoms with E-state index in [1.54, 1.807) is 0 Å². The molecule has 1 aromatic carbocycles. The first-order chi connectivity index (χ1) is 16.1. The van der Waals surface area contributed by atoms with E-state index in [4.69, 9.17) is 4.74 Å². The third kappa shape index (κ3) is 6.27. The van der Waals surface area contributed by atoms with Crippen molar-refractivity contribution in [2.75, 3.05) is 31.6 Å². The number of hydrogen-bond donors (Lipinski definition) is 2. The molecular formula is C20H23F3N6O5. The maximum absolute atomic E-state index is 12.5. The van der Waals surface area contributed by atoms with E-state index < -0.39 is 11.3 Å². The van der Waals surface area contributed by atoms with E-state index in [1.165, 1.54) is 35.0 Å². The fourth-order valence-electron chi connectivity index (χ4n) is 3.97. The number of fused-ring (bicyclic) bond motifs is 1. The number of rotatable bonds is 7. The number of amides is 1. The van der Waals surface area contributed by atoms with Gasteiger partial charge in [-0.15, -0.1) is 13.2 Å². The van der Waals surface area contributed by atoms with E-state index in [-0.39, 0.29) is 48.7 Å². The normalized spacial score (nSPS) is 19.1. The van der Waals surface area contributed by atoms with Gasteiger partial charge in [-0.1, -0.05) is 0 Å². The van der Waals surface area contributed by atoms with Crippen molar-refractivity contribution in [2.24, 2.45) is 0 Å². The molecule has 2 aromatic rings. The van der Waals surface area contributed by atoms with E-state index in [0.717, 1.165) is 12.8 Å². The number of anilines is 1. The number of benzene rings is 1. The van der Waals surface area contributed by atoms with Gasteiger partial charge in [0.05, 0.1) is 19.1 Å². The Labute approximate surface area is 192 Å². The van der Waals surface area contributed by atoms with Gasteiger partial charge in [0, 0.05) is 29.8 Å². The van der Waals surface area contributed by atoms with Crippen LogP contribution in [-0.2, 0) is 11.3 Å². The van der Waals surface area contributed by atoms with Crippen LogP contribution in [0.4, 0.5) is 24.7 Å². The summed E-state index contributed by atoms with van der Waals surface area (Å²) in [7, 11) is 0. The van der Waals surface area contributed by atoms with Gasteiger partial charge >= 0.3 is 18.2 Å². The highest BCUT2D eigenvalue weighted by Gasteiger charge is 2.31. The third-order valence-electron chi connectivity index (χ3n) is 5.52. The van der Waals surface area contributed by atoms with Crippen LogP contribution in [0.1, 0.15) is 12.8 Å². The molecule has 0 saturated carbocycles. The molecule has 1 fully saturated rings. The summed E-state index contributed by atoms with van der Waals surface area (Å²) >= 11 is 0. The summed E-state index contributed by atoms with van der Waals surface area (Å²) in [4.78, 5) is 28.5. The highest BCUT2D eigenvalue weighted by atomic mass is 19.4. The summed E-state index contributed by atoms with van der Waals surface area (Å²) < 4.78 is 47.6. The van der Waals surface area contributed by atoms with Crippen LogP contribution in [0.25, 0.3) is 0 Å². The zero-order valence-corrected chi connectivity index (χ0v) is 18.0. The SMILES string of the molecule is O=C(CN1CCC(Nc2ccc(OC(F)(F)F)cc2)CC1)N[C@@H]1COc2nc([N+](=O)[O-])cn2C1. The van der Waals surface area contributed by atoms with E-state index in [9.17, 15) is 28.1 Å². The Morgan fingerprint density at radius 3 is 2.59 bits per heavy atom. The Hall–Kier alpha value is -3.55. The van der Waals surface area contributed by atoms with Crippen LogP contribution < -0.4 is 20.1 Å². The summed E-state index contributed by atoms with van der Waals surface area (Å²) in [5.74, 6) is -0.743. The lowest BCUT2D eigenvalue weighted by Gasteiger charge is -2.33. The number of piperidine rings is 1. The van der Waals surface area contributed by atoms with Crippen molar-refractivity contribution in [3.8, 4) is 11.8 Å². The Balaban J connectivity index is 1.18. The van der Waals surface area contributed by atoms with E-state index >= 15 is 0 Å². The molecule has 1 atom stereocenters. The van der Waals surface area contributed by atoms with Crippen molar-refractivity contribution in [3.63, 3.8) is 0 Å². The van der Waals surface area contributed by atoms with Crippen LogP contribution in [0.2, 0.25) is 0 Å². The molecule has 11 nitrogen and oxygen atoms in total. The van der Waals surface area contributed by atoms with Crippen LogP contribution in [0.3, 0.4) is 0 Å². The Kier molecular flexibility index (Phi) is 6.77. The van der Waals surface area contributed by atoms with Crippen molar-refractivity contribution in [3.05, 3.63) is 40.6 Å². The number of hydrogen-bond acceptors (Lipinski definition) is 8. The number of carbonyl (C=O) groups excluding carboxylic acids is 1. The van der Waals surface area contributed by atoms with Gasteiger partial charge in [-0.25, -0.2) is 0 Å². The van der Waals surface area contributed by atoms with Gasteiger partial charge in [-0.3, -0.25) is 14.3 Å². The number of carbonyl (C=O) groups is 1. The lowest BCUT2D eigenvalue weighted by Crippen LogP contribution is -2.49. The van der Waals surface area contributed by atoms with Crippen molar-refractivity contribution >= 4 is 17.4 Å². The number of alkyl halides is 3. The minimum Gasteiger partial charge on any atom is -0.444 e. The summed E-state index contributed by atoms with van der Waals surface area (Å²) in [6.07, 6.45) is -1.91. The van der Waals surface area contributed by atoms with Crippen molar-refractivity contribution < 1.29 is 32.4 Å². The second-order valence-electron chi connectivity index (χ2n) is 8.13. The molecule has 3 heterocycles. The first-order valence-corrected chi connectivity index (χ1v) is 10.6. The summed E-state index contributed by atoms with van der Waals surface area (Å²) in [6, 6.07) is 5.56. The largest absolute Gasteiger partial charge is 0.573 e. The van der Waals surface area contributed by atoms with Gasteiger partial charge in [0.2, 0.25) is 5.91 Å². The molecule has 0 aliphatic carbocycles. The van der Waals surface area contributed by atoms with E-state index in [1.807, 2.05) is 4.90 Å². The number of imidazole rings is 1. The zero-order valence-electron chi connectivity index (χ0n) is 18.0. The van der Waals surface area contributed by atoms with Crippen molar-refractivity contribution in [1.82, 2.24) is 19.8 Å². The van der Waals surface area contributed by atoms with Gasteiger partial charge in [0.1, 0.15) is 18.6 Å². The molecule has 0 radical (unpaired) electrons. The van der Waals surface area contributed by atoms with Crippen molar-refractivity contribution in [1.29, 1.82) is 0 Å². The first-order valence-electron chi connectivity index (χ1n) is 10.6. The Morgan fingerprint density at radius 2 is 1.94 bits per heavy atom. The molecular weight excluding hydrogens is 461 g/mol. The highest BCUT2D eigenvalue weighted by Crippen LogP contribution is 2.25. The van der Waals surface area contributed by atoms with E-state index in [2.05, 4.69) is 20.4 Å². The summed E-state index contributed by atoms with van der Waals surface area (Å²) in [5.41, 5.74) is 0.696. The van der Waals surface area contributed by atoms with Gasteiger partial charge in [0.25, 0.3) is 0 Å². The monoisotopic (exact) mass is 484 g/mol. The predicted octanol–water partition coefficient (Wildman–Crippen LogP) is 2.14. The highest BCUT2D eigenvalue weighted by molar-refractivity contribution is 5.78. The van der Waals surface area contributed by atoms with Gasteiger partial charge < -0.3 is 30.2 Å². The second-order valence-corrected chi connectivity index (χ2v) is 8.13. The molecule has 1 amide bonds. The molecule has 14 heteroatoms. The summed E-state index contributed by atoms with van der Waals surface area (Å²) in [5, 5.41) is 17.0. The Bertz CT molecular complexity index is 1020. The van der Waals surface area contributed by atoms with Crippen LogP contribution in [-0.4, -0.2) is 70.0 Å². The number of nitrogens with one attached hydrogen (secondary N) is 2. The van der Waals surface area contributed by atoms with Crippen LogP contribution >= 0.6 is 0 Å². The second kappa shape index (κ2) is 9.75. The molecule has 34 heavy (non-hydrogen) atoms. The molecule has 2 N–H and O–H groups in total. The topological polar surface area (TPSA) is 124 Å². The molecule has 0 spiro atoms. The quantitative estimate of drug-likeness (QED) is 0.453. The minimum atomic E-state index is -4.72. The predicted molar refractivity (Wildman–Crippen MR) is 113 cm³/mol. The number of aromatic nitrogens is 2. The average Bonchev–Trinajstić information content (AvgIpc) is 3.19.